The number of thiophene rings is 1. The highest BCUT2D eigenvalue weighted by atomic mass is 32.1. The average Bonchev–Trinajstić information content (AvgIpc) is 2.91. The Kier molecular flexibility index (Phi) is 3.55. The van der Waals surface area contributed by atoms with Gasteiger partial charge < -0.3 is 5.73 Å². The molecule has 21 heavy (non-hydrogen) atoms. The average molecular weight is 294 g/mol. The number of benzene rings is 1. The number of aromatic nitrogens is 2. The number of nitriles is 1. The van der Waals surface area contributed by atoms with Crippen molar-refractivity contribution in [1.82, 2.24) is 9.97 Å². The molecule has 0 saturated carbocycles. The summed E-state index contributed by atoms with van der Waals surface area (Å²) in [6.07, 6.45) is 2.12. The molecule has 0 spiro atoms. The summed E-state index contributed by atoms with van der Waals surface area (Å²) in [5, 5.41) is 9.90. The maximum absolute atomic E-state index is 8.98. The van der Waals surface area contributed by atoms with E-state index in [1.54, 1.807) is 23.5 Å². The highest BCUT2D eigenvalue weighted by Gasteiger charge is 2.11. The Morgan fingerprint density at radius 2 is 2.14 bits per heavy atom. The van der Waals surface area contributed by atoms with Crippen molar-refractivity contribution < 1.29 is 0 Å². The Bertz CT molecular complexity index is 845. The number of fused-ring (bicyclic) bond motifs is 1. The van der Waals surface area contributed by atoms with E-state index in [4.69, 9.17) is 11.0 Å². The molecular formula is C16H14N4S. The van der Waals surface area contributed by atoms with Crippen LogP contribution in [0.1, 0.15) is 23.8 Å². The molecule has 3 aromatic rings. The molecule has 0 atom stereocenters. The normalized spacial score (nSPS) is 10.7. The van der Waals surface area contributed by atoms with Gasteiger partial charge in [0.25, 0.3) is 0 Å². The summed E-state index contributed by atoms with van der Waals surface area (Å²) in [6, 6.07) is 11.5. The largest absolute Gasteiger partial charge is 0.383 e. The summed E-state index contributed by atoms with van der Waals surface area (Å²) >= 11 is 1.66. The van der Waals surface area contributed by atoms with Crippen molar-refractivity contribution in [2.45, 2.75) is 19.8 Å². The molecule has 0 radical (unpaired) electrons. The summed E-state index contributed by atoms with van der Waals surface area (Å²) in [5.41, 5.74) is 7.47. The quantitative estimate of drug-likeness (QED) is 0.798. The first kappa shape index (κ1) is 13.5. The maximum Gasteiger partial charge on any atom is 0.163 e. The Morgan fingerprint density at radius 3 is 2.90 bits per heavy atom. The van der Waals surface area contributed by atoms with Crippen molar-refractivity contribution in [3.63, 3.8) is 0 Å². The highest BCUT2D eigenvalue weighted by Crippen LogP contribution is 2.30. The standard InChI is InChI=1S/C16H14N4S/c1-2-4-12-8-13-14(18)19-15(20-16(13)21-12)11-6-3-5-10(7-11)9-17/h3,5-8H,2,4H2,1H3,(H2,18,19,20). The minimum absolute atomic E-state index is 0.496. The van der Waals surface area contributed by atoms with E-state index in [0.717, 1.165) is 28.6 Å². The van der Waals surface area contributed by atoms with Gasteiger partial charge >= 0.3 is 0 Å². The molecule has 0 fully saturated rings. The number of rotatable bonds is 3. The van der Waals surface area contributed by atoms with Gasteiger partial charge in [-0.3, -0.25) is 0 Å². The lowest BCUT2D eigenvalue weighted by molar-refractivity contribution is 0.940. The van der Waals surface area contributed by atoms with Crippen molar-refractivity contribution in [2.75, 3.05) is 5.73 Å². The van der Waals surface area contributed by atoms with Crippen molar-refractivity contribution >= 4 is 27.4 Å². The van der Waals surface area contributed by atoms with Crippen LogP contribution in [-0.4, -0.2) is 9.97 Å². The Balaban J connectivity index is 2.13. The summed E-state index contributed by atoms with van der Waals surface area (Å²) in [4.78, 5) is 11.2. The van der Waals surface area contributed by atoms with Crippen molar-refractivity contribution in [2.24, 2.45) is 0 Å². The van der Waals surface area contributed by atoms with Crippen LogP contribution in [0.4, 0.5) is 5.82 Å². The fourth-order valence-electron chi connectivity index (χ4n) is 2.22. The summed E-state index contributed by atoms with van der Waals surface area (Å²) in [7, 11) is 0. The van der Waals surface area contributed by atoms with Gasteiger partial charge in [0.05, 0.1) is 17.0 Å². The van der Waals surface area contributed by atoms with Gasteiger partial charge in [-0.1, -0.05) is 25.5 Å². The van der Waals surface area contributed by atoms with Gasteiger partial charge in [0.15, 0.2) is 5.82 Å². The van der Waals surface area contributed by atoms with Gasteiger partial charge in [0, 0.05) is 10.4 Å². The molecule has 0 unspecified atom stereocenters. The Labute approximate surface area is 126 Å². The second-order valence-corrected chi connectivity index (χ2v) is 5.92. The zero-order chi connectivity index (χ0) is 14.8. The molecular weight excluding hydrogens is 280 g/mol. The molecule has 104 valence electrons. The lowest BCUT2D eigenvalue weighted by Gasteiger charge is -2.02. The van der Waals surface area contributed by atoms with Crippen LogP contribution in [0.3, 0.4) is 0 Å². The molecule has 0 aliphatic carbocycles. The summed E-state index contributed by atoms with van der Waals surface area (Å²) < 4.78 is 0. The van der Waals surface area contributed by atoms with Crippen molar-refractivity contribution in [3.05, 3.63) is 40.8 Å². The van der Waals surface area contributed by atoms with Gasteiger partial charge in [-0.2, -0.15) is 5.26 Å². The van der Waals surface area contributed by atoms with E-state index in [1.165, 1.54) is 4.88 Å². The first-order valence-corrected chi connectivity index (χ1v) is 7.59. The van der Waals surface area contributed by atoms with Crippen LogP contribution in [0, 0.1) is 11.3 Å². The fraction of sp³-hybridized carbons (Fsp3) is 0.188. The minimum Gasteiger partial charge on any atom is -0.383 e. The number of nitrogens with two attached hydrogens (primary N) is 1. The van der Waals surface area contributed by atoms with Crippen molar-refractivity contribution in [1.29, 1.82) is 5.26 Å². The van der Waals surface area contributed by atoms with E-state index < -0.39 is 0 Å². The topological polar surface area (TPSA) is 75.6 Å². The van der Waals surface area contributed by atoms with Crippen LogP contribution in [0.25, 0.3) is 21.6 Å². The predicted molar refractivity (Wildman–Crippen MR) is 86.0 cm³/mol. The first-order chi connectivity index (χ1) is 10.2. The zero-order valence-electron chi connectivity index (χ0n) is 11.6. The van der Waals surface area contributed by atoms with Crippen LogP contribution < -0.4 is 5.73 Å². The Morgan fingerprint density at radius 1 is 1.29 bits per heavy atom. The monoisotopic (exact) mass is 294 g/mol. The predicted octanol–water partition coefficient (Wildman–Crippen LogP) is 3.76. The molecule has 2 N–H and O–H groups in total. The SMILES string of the molecule is CCCc1cc2c(N)nc(-c3cccc(C#N)c3)nc2s1. The zero-order valence-corrected chi connectivity index (χ0v) is 12.4. The molecule has 0 amide bonds. The van der Waals surface area contributed by atoms with Gasteiger partial charge in [-0.25, -0.2) is 9.97 Å². The summed E-state index contributed by atoms with van der Waals surface area (Å²) in [5.74, 6) is 1.07. The molecule has 4 nitrogen and oxygen atoms in total. The molecule has 0 bridgehead atoms. The van der Waals surface area contributed by atoms with E-state index in [1.807, 2.05) is 12.1 Å². The van der Waals surface area contributed by atoms with Crippen LogP contribution in [0.2, 0.25) is 0 Å². The van der Waals surface area contributed by atoms with E-state index >= 15 is 0 Å². The van der Waals surface area contributed by atoms with Crippen LogP contribution in [0.15, 0.2) is 30.3 Å². The molecule has 2 aromatic heterocycles. The van der Waals surface area contributed by atoms with E-state index in [0.29, 0.717) is 17.2 Å². The van der Waals surface area contributed by atoms with Crippen LogP contribution in [0.5, 0.6) is 0 Å². The summed E-state index contributed by atoms with van der Waals surface area (Å²) in [6.45, 7) is 2.15. The lowest BCUT2D eigenvalue weighted by Crippen LogP contribution is -1.96. The van der Waals surface area contributed by atoms with Crippen LogP contribution in [-0.2, 0) is 6.42 Å². The number of nitrogen functional groups attached to an aromatic ring is 1. The van der Waals surface area contributed by atoms with Gasteiger partial charge in [-0.05, 0) is 24.6 Å². The third kappa shape index (κ3) is 2.58. The number of aryl methyl sites for hydroxylation is 1. The van der Waals surface area contributed by atoms with Gasteiger partial charge in [0.2, 0.25) is 0 Å². The van der Waals surface area contributed by atoms with Crippen molar-refractivity contribution in [3.8, 4) is 17.5 Å². The molecule has 0 aliphatic rings. The smallest absolute Gasteiger partial charge is 0.163 e. The van der Waals surface area contributed by atoms with Crippen LogP contribution >= 0.6 is 11.3 Å². The second-order valence-electron chi connectivity index (χ2n) is 4.81. The molecule has 5 heteroatoms. The molecule has 1 aromatic carbocycles. The first-order valence-electron chi connectivity index (χ1n) is 6.77. The van der Waals surface area contributed by atoms with Gasteiger partial charge in [-0.15, -0.1) is 11.3 Å². The molecule has 2 heterocycles. The third-order valence-corrected chi connectivity index (χ3v) is 4.31. The van der Waals surface area contributed by atoms with Gasteiger partial charge in [0.1, 0.15) is 10.6 Å². The van der Waals surface area contributed by atoms with E-state index in [2.05, 4.69) is 29.0 Å². The third-order valence-electron chi connectivity index (χ3n) is 3.22. The van der Waals surface area contributed by atoms with E-state index in [-0.39, 0.29) is 0 Å². The lowest BCUT2D eigenvalue weighted by atomic mass is 10.1. The number of anilines is 1. The molecule has 3 rings (SSSR count). The van der Waals surface area contributed by atoms with E-state index in [9.17, 15) is 0 Å². The Hall–Kier alpha value is -2.45. The number of nitrogens with zero attached hydrogens (tertiary/aromatic N) is 3. The minimum atomic E-state index is 0.496. The highest BCUT2D eigenvalue weighted by molar-refractivity contribution is 7.18. The molecule has 0 aliphatic heterocycles. The molecule has 0 saturated heterocycles. The number of hydrogen-bond donors (Lipinski definition) is 1. The second kappa shape index (κ2) is 5.51. The number of hydrogen-bond acceptors (Lipinski definition) is 5. The fourth-order valence-corrected chi connectivity index (χ4v) is 3.36. The maximum atomic E-state index is 8.98.